The second-order valence-corrected chi connectivity index (χ2v) is 11.0. The van der Waals surface area contributed by atoms with E-state index >= 15 is 0 Å². The molecule has 3 aromatic rings. The lowest BCUT2D eigenvalue weighted by molar-refractivity contribution is -0.137. The molecule has 0 saturated heterocycles. The Labute approximate surface area is 237 Å². The van der Waals surface area contributed by atoms with E-state index in [1.165, 1.54) is 25.1 Å². The maximum absolute atomic E-state index is 14.4. The SMILES string of the molecule is CCC(C(=O)NCc1cc(C(=O)OC)ccc1F)N(c1cc(C(F)(F)F)ccc1Cl)S(=O)(=O)c1ccc(Cl)cc1. The number of carbonyl (C=O) groups is 2. The highest BCUT2D eigenvalue weighted by Gasteiger charge is 2.39. The van der Waals surface area contributed by atoms with Crippen LogP contribution in [-0.4, -0.2) is 33.4 Å². The summed E-state index contributed by atoms with van der Waals surface area (Å²) in [5.41, 5.74) is -1.90. The van der Waals surface area contributed by atoms with E-state index in [4.69, 9.17) is 23.2 Å². The number of nitrogens with one attached hydrogen (secondary N) is 1. The third-order valence-corrected chi connectivity index (χ3v) is 8.18. The summed E-state index contributed by atoms with van der Waals surface area (Å²) in [6, 6.07) is 8.57. The maximum atomic E-state index is 14.4. The predicted molar refractivity (Wildman–Crippen MR) is 141 cm³/mol. The molecule has 7 nitrogen and oxygen atoms in total. The zero-order valence-corrected chi connectivity index (χ0v) is 23.3. The molecule has 0 radical (unpaired) electrons. The molecule has 0 spiro atoms. The normalized spacial score (nSPS) is 12.5. The number of benzene rings is 3. The van der Waals surface area contributed by atoms with Crippen LogP contribution in [0.4, 0.5) is 23.2 Å². The van der Waals surface area contributed by atoms with Crippen LogP contribution in [0.1, 0.15) is 34.8 Å². The number of ether oxygens (including phenoxy) is 1. The molecular formula is C26H22Cl2F4N2O5S. The Morgan fingerprint density at radius 3 is 2.25 bits per heavy atom. The lowest BCUT2D eigenvalue weighted by atomic mass is 10.1. The van der Waals surface area contributed by atoms with Gasteiger partial charge in [-0.05, 0) is 67.1 Å². The van der Waals surface area contributed by atoms with Crippen molar-refractivity contribution in [1.82, 2.24) is 5.32 Å². The minimum atomic E-state index is -4.85. The van der Waals surface area contributed by atoms with E-state index in [1.807, 2.05) is 0 Å². The standard InChI is InChI=1S/C26H22Cl2F4N2O5S/c1-3-22(24(35)33-14-16-12-15(25(36)39-2)4-11-21(16)29)34(40(37,38)19-8-6-18(27)7-9-19)23-13-17(26(30,31)32)5-10-20(23)28/h4-13,22H,3,14H2,1-2H3,(H,33,35). The molecule has 40 heavy (non-hydrogen) atoms. The van der Waals surface area contributed by atoms with Crippen LogP contribution in [0.5, 0.6) is 0 Å². The van der Waals surface area contributed by atoms with Gasteiger partial charge in [0.05, 0.1) is 33.8 Å². The highest BCUT2D eigenvalue weighted by atomic mass is 35.5. The quantitative estimate of drug-likeness (QED) is 0.226. The summed E-state index contributed by atoms with van der Waals surface area (Å²) in [4.78, 5) is 24.8. The Kier molecular flexibility index (Phi) is 9.70. The minimum absolute atomic E-state index is 0.00267. The summed E-state index contributed by atoms with van der Waals surface area (Å²) in [6.07, 6.45) is -5.06. The van der Waals surface area contributed by atoms with Crippen LogP contribution in [0.15, 0.2) is 65.6 Å². The Balaban J connectivity index is 2.09. The number of esters is 1. The van der Waals surface area contributed by atoms with Gasteiger partial charge in [0.25, 0.3) is 10.0 Å². The average molecular weight is 621 g/mol. The Bertz CT molecular complexity index is 1520. The van der Waals surface area contributed by atoms with Crippen molar-refractivity contribution in [3.63, 3.8) is 0 Å². The Morgan fingerprint density at radius 1 is 1.02 bits per heavy atom. The molecule has 14 heteroatoms. The van der Waals surface area contributed by atoms with E-state index in [1.54, 1.807) is 0 Å². The monoisotopic (exact) mass is 620 g/mol. The summed E-state index contributed by atoms with van der Waals surface area (Å²) >= 11 is 12.1. The average Bonchev–Trinajstić information content (AvgIpc) is 2.90. The molecule has 3 aromatic carbocycles. The number of amides is 1. The first-order valence-electron chi connectivity index (χ1n) is 11.5. The molecule has 1 amide bonds. The van der Waals surface area contributed by atoms with E-state index in [0.29, 0.717) is 16.4 Å². The molecule has 0 bridgehead atoms. The van der Waals surface area contributed by atoms with Crippen molar-refractivity contribution in [3.8, 4) is 0 Å². The van der Waals surface area contributed by atoms with E-state index in [9.17, 15) is 35.6 Å². The van der Waals surface area contributed by atoms with Gasteiger partial charge in [-0.25, -0.2) is 17.6 Å². The van der Waals surface area contributed by atoms with Crippen LogP contribution in [0.2, 0.25) is 10.0 Å². The first-order chi connectivity index (χ1) is 18.7. The molecule has 214 valence electrons. The third-order valence-electron chi connectivity index (χ3n) is 5.77. The van der Waals surface area contributed by atoms with Crippen molar-refractivity contribution >= 4 is 50.8 Å². The minimum Gasteiger partial charge on any atom is -0.465 e. The van der Waals surface area contributed by atoms with Gasteiger partial charge in [0.2, 0.25) is 5.91 Å². The molecule has 0 aliphatic carbocycles. The van der Waals surface area contributed by atoms with Gasteiger partial charge in [-0.1, -0.05) is 30.1 Å². The fourth-order valence-corrected chi connectivity index (χ4v) is 5.84. The van der Waals surface area contributed by atoms with Gasteiger partial charge in [-0.2, -0.15) is 13.2 Å². The first kappa shape index (κ1) is 31.2. The number of sulfonamides is 1. The van der Waals surface area contributed by atoms with Crippen molar-refractivity contribution in [3.05, 3.63) is 93.2 Å². The molecule has 0 aliphatic rings. The molecule has 0 fully saturated rings. The molecule has 1 N–H and O–H groups in total. The number of hydrogen-bond acceptors (Lipinski definition) is 5. The van der Waals surface area contributed by atoms with Gasteiger partial charge >= 0.3 is 12.1 Å². The van der Waals surface area contributed by atoms with Gasteiger partial charge in [-0.15, -0.1) is 0 Å². The number of nitrogens with zero attached hydrogens (tertiary/aromatic N) is 1. The molecule has 3 rings (SSSR count). The van der Waals surface area contributed by atoms with E-state index < -0.39 is 57.7 Å². The Morgan fingerprint density at radius 2 is 1.68 bits per heavy atom. The van der Waals surface area contributed by atoms with Crippen molar-refractivity contribution in [2.24, 2.45) is 0 Å². The van der Waals surface area contributed by atoms with Crippen LogP contribution in [0.25, 0.3) is 0 Å². The van der Waals surface area contributed by atoms with Crippen molar-refractivity contribution < 1.29 is 40.3 Å². The zero-order valence-electron chi connectivity index (χ0n) is 20.9. The lowest BCUT2D eigenvalue weighted by Gasteiger charge is -2.32. The van der Waals surface area contributed by atoms with Gasteiger partial charge in [0, 0.05) is 17.1 Å². The number of methoxy groups -OCH3 is 1. The highest BCUT2D eigenvalue weighted by molar-refractivity contribution is 7.93. The molecular weight excluding hydrogens is 599 g/mol. The highest BCUT2D eigenvalue weighted by Crippen LogP contribution is 2.39. The van der Waals surface area contributed by atoms with Crippen molar-refractivity contribution in [2.75, 3.05) is 11.4 Å². The van der Waals surface area contributed by atoms with E-state index in [0.717, 1.165) is 37.4 Å². The lowest BCUT2D eigenvalue weighted by Crippen LogP contribution is -2.49. The molecule has 0 aliphatic heterocycles. The predicted octanol–water partition coefficient (Wildman–Crippen LogP) is 6.23. The number of rotatable bonds is 9. The summed E-state index contributed by atoms with van der Waals surface area (Å²) in [6.45, 7) is 0.964. The first-order valence-corrected chi connectivity index (χ1v) is 13.7. The van der Waals surface area contributed by atoms with Crippen molar-refractivity contribution in [2.45, 2.75) is 37.0 Å². The molecule has 0 aromatic heterocycles. The van der Waals surface area contributed by atoms with Crippen LogP contribution >= 0.6 is 23.2 Å². The van der Waals surface area contributed by atoms with Crippen LogP contribution in [0.3, 0.4) is 0 Å². The number of alkyl halides is 3. The van der Waals surface area contributed by atoms with E-state index in [-0.39, 0.29) is 32.5 Å². The van der Waals surface area contributed by atoms with Crippen LogP contribution in [0, 0.1) is 5.82 Å². The maximum Gasteiger partial charge on any atom is 0.416 e. The van der Waals surface area contributed by atoms with Gasteiger partial charge in [0.1, 0.15) is 11.9 Å². The third kappa shape index (κ3) is 6.86. The number of anilines is 1. The fraction of sp³-hybridized carbons (Fsp3) is 0.231. The van der Waals surface area contributed by atoms with Gasteiger partial charge < -0.3 is 10.1 Å². The molecule has 1 atom stereocenters. The summed E-state index contributed by atoms with van der Waals surface area (Å²) < 4.78 is 87.8. The van der Waals surface area contributed by atoms with Crippen molar-refractivity contribution in [1.29, 1.82) is 0 Å². The van der Waals surface area contributed by atoms with E-state index in [2.05, 4.69) is 10.1 Å². The largest absolute Gasteiger partial charge is 0.465 e. The molecule has 0 heterocycles. The fourth-order valence-electron chi connectivity index (χ4n) is 3.76. The summed E-state index contributed by atoms with van der Waals surface area (Å²) in [5, 5.41) is 2.23. The van der Waals surface area contributed by atoms with Crippen LogP contribution < -0.4 is 9.62 Å². The summed E-state index contributed by atoms with van der Waals surface area (Å²) in [7, 11) is -3.57. The number of hydrogen-bond donors (Lipinski definition) is 1. The zero-order chi connectivity index (χ0) is 29.8. The molecule has 1 unspecified atom stereocenters. The number of carbonyl (C=O) groups excluding carboxylic acids is 2. The second-order valence-electron chi connectivity index (χ2n) is 8.36. The summed E-state index contributed by atoms with van der Waals surface area (Å²) in [5.74, 6) is -2.48. The molecule has 0 saturated carbocycles. The second kappa shape index (κ2) is 12.4. The topological polar surface area (TPSA) is 92.8 Å². The van der Waals surface area contributed by atoms with Gasteiger partial charge in [-0.3, -0.25) is 9.10 Å². The Hall–Kier alpha value is -3.35. The smallest absolute Gasteiger partial charge is 0.416 e. The van der Waals surface area contributed by atoms with Gasteiger partial charge in [0.15, 0.2) is 0 Å². The van der Waals surface area contributed by atoms with Crippen LogP contribution in [-0.2, 0) is 32.3 Å². The number of halogens is 6.